The summed E-state index contributed by atoms with van der Waals surface area (Å²) in [7, 11) is 0. The summed E-state index contributed by atoms with van der Waals surface area (Å²) in [5.74, 6) is -0.177. The van der Waals surface area contributed by atoms with Crippen molar-refractivity contribution in [2.45, 2.75) is 33.7 Å². The van der Waals surface area contributed by atoms with E-state index in [9.17, 15) is 9.50 Å². The smallest absolute Gasteiger partial charge is 0.169 e. The molecule has 9 heteroatoms. The molecule has 0 fully saturated rings. The second-order valence-corrected chi connectivity index (χ2v) is 10.2. The summed E-state index contributed by atoms with van der Waals surface area (Å²) in [4.78, 5) is 8.90. The van der Waals surface area contributed by atoms with Crippen molar-refractivity contribution in [3.05, 3.63) is 83.3 Å². The molecule has 5 aromatic rings. The molecule has 198 valence electrons. The third-order valence-corrected chi connectivity index (χ3v) is 6.86. The van der Waals surface area contributed by atoms with Crippen LogP contribution in [0.1, 0.15) is 30.7 Å². The highest BCUT2D eigenvalue weighted by Crippen LogP contribution is 2.39. The minimum absolute atomic E-state index is 0.143. The Kier molecular flexibility index (Phi) is 6.10. The summed E-state index contributed by atoms with van der Waals surface area (Å²) in [5, 5.41) is 15.4. The number of nitrogens with one attached hydrogen (secondary N) is 1. The van der Waals surface area contributed by atoms with Crippen molar-refractivity contribution in [3.8, 4) is 28.4 Å². The largest absolute Gasteiger partial charge is 0.506 e. The maximum absolute atomic E-state index is 15.2. The molecule has 0 unspecified atom stereocenters. The quantitative estimate of drug-likeness (QED) is 0.287. The molecular formula is C30H27F2N5O2. The van der Waals surface area contributed by atoms with E-state index in [0.29, 0.717) is 60.2 Å². The van der Waals surface area contributed by atoms with E-state index in [0.717, 1.165) is 28.3 Å². The van der Waals surface area contributed by atoms with Gasteiger partial charge in [0.15, 0.2) is 17.4 Å². The number of nitrogens with zero attached hydrogens (tertiary/aromatic N) is 4. The van der Waals surface area contributed by atoms with E-state index in [1.54, 1.807) is 16.9 Å². The van der Waals surface area contributed by atoms with Crippen LogP contribution < -0.4 is 9.64 Å². The maximum atomic E-state index is 15.2. The first-order chi connectivity index (χ1) is 18.8. The molecule has 4 heterocycles. The second kappa shape index (κ2) is 9.62. The van der Waals surface area contributed by atoms with E-state index in [2.05, 4.69) is 35.9 Å². The molecule has 0 atom stereocenters. The Hall–Kier alpha value is -4.58. The van der Waals surface area contributed by atoms with Crippen molar-refractivity contribution in [1.29, 1.82) is 0 Å². The van der Waals surface area contributed by atoms with Gasteiger partial charge in [-0.25, -0.2) is 18.4 Å². The fourth-order valence-electron chi connectivity index (χ4n) is 5.08. The number of anilines is 1. The zero-order valence-corrected chi connectivity index (χ0v) is 21.8. The van der Waals surface area contributed by atoms with Gasteiger partial charge in [0.25, 0.3) is 0 Å². The Morgan fingerprint density at radius 3 is 2.85 bits per heavy atom. The van der Waals surface area contributed by atoms with Gasteiger partial charge in [0.1, 0.15) is 17.3 Å². The number of rotatable bonds is 6. The molecule has 1 aliphatic rings. The van der Waals surface area contributed by atoms with Crippen molar-refractivity contribution >= 4 is 16.7 Å². The second-order valence-electron chi connectivity index (χ2n) is 10.2. The predicted octanol–water partition coefficient (Wildman–Crippen LogP) is 5.91. The van der Waals surface area contributed by atoms with Crippen LogP contribution >= 0.6 is 0 Å². The molecule has 0 saturated carbocycles. The Bertz CT molecular complexity index is 1690. The Balaban J connectivity index is 1.56. The van der Waals surface area contributed by atoms with Crippen molar-refractivity contribution < 1.29 is 18.6 Å². The molecule has 2 aromatic carbocycles. The van der Waals surface area contributed by atoms with Crippen LogP contribution in [0.4, 0.5) is 14.6 Å². The molecule has 0 radical (unpaired) electrons. The highest BCUT2D eigenvalue weighted by Gasteiger charge is 2.30. The lowest BCUT2D eigenvalue weighted by atomic mass is 9.99. The standard InChI is InChI=1S/C30H27F2N5O2/c1-17(2)16-39-26-6-4-5-18(3)28(26)37-29(20-11-19-7-9-33-27(19)23(31)12-20)22-15-36(10-8-25(22)35-37)30-24(32)13-21(38)14-34-30/h6-7,9,11-14,17,33,38H,8,10,15-16H2,1-3H3. The molecule has 0 spiro atoms. The molecule has 0 amide bonds. The molecule has 0 saturated heterocycles. The number of aromatic nitrogens is 4. The number of pyridine rings is 1. The SMILES string of the molecule is Cc1c#ccc(OCC(C)C)c1-n1nc2c(c1-c1cc(F)c3[nH]ccc3c1)CN(c1ncc(O)cc1F)CC2. The van der Waals surface area contributed by atoms with Gasteiger partial charge >= 0.3 is 0 Å². The van der Waals surface area contributed by atoms with Crippen LogP contribution in [-0.4, -0.2) is 38.0 Å². The summed E-state index contributed by atoms with van der Waals surface area (Å²) < 4.78 is 38.0. The van der Waals surface area contributed by atoms with Gasteiger partial charge in [0.2, 0.25) is 0 Å². The number of aromatic amines is 1. The Labute approximate surface area is 224 Å². The van der Waals surface area contributed by atoms with Gasteiger partial charge in [0.05, 0.1) is 29.7 Å². The lowest BCUT2D eigenvalue weighted by molar-refractivity contribution is 0.270. The fourth-order valence-corrected chi connectivity index (χ4v) is 5.08. The zero-order chi connectivity index (χ0) is 27.3. The molecule has 6 rings (SSSR count). The molecule has 39 heavy (non-hydrogen) atoms. The summed E-state index contributed by atoms with van der Waals surface area (Å²) in [5.41, 5.74) is 4.90. The minimum atomic E-state index is -0.611. The highest BCUT2D eigenvalue weighted by atomic mass is 19.1. The third kappa shape index (κ3) is 4.42. The van der Waals surface area contributed by atoms with E-state index in [1.165, 1.54) is 12.3 Å². The lowest BCUT2D eigenvalue weighted by Gasteiger charge is -2.28. The van der Waals surface area contributed by atoms with Gasteiger partial charge in [-0.2, -0.15) is 5.10 Å². The number of aromatic hydroxyl groups is 1. The number of benzene rings is 1. The first-order valence-electron chi connectivity index (χ1n) is 12.8. The lowest BCUT2D eigenvalue weighted by Crippen LogP contribution is -2.31. The number of fused-ring (bicyclic) bond motifs is 2. The predicted molar refractivity (Wildman–Crippen MR) is 144 cm³/mol. The molecule has 0 aliphatic carbocycles. The van der Waals surface area contributed by atoms with Crippen LogP contribution in [0.25, 0.3) is 27.8 Å². The van der Waals surface area contributed by atoms with E-state index in [1.807, 2.05) is 24.0 Å². The van der Waals surface area contributed by atoms with Gasteiger partial charge in [-0.3, -0.25) is 0 Å². The average molecular weight is 528 g/mol. The first-order valence-corrected chi connectivity index (χ1v) is 12.8. The molecular weight excluding hydrogens is 500 g/mol. The average Bonchev–Trinajstić information content (AvgIpc) is 3.52. The number of ether oxygens (including phenoxy) is 1. The summed E-state index contributed by atoms with van der Waals surface area (Å²) in [6.07, 6.45) is 3.46. The van der Waals surface area contributed by atoms with E-state index < -0.39 is 5.82 Å². The van der Waals surface area contributed by atoms with E-state index in [4.69, 9.17) is 9.84 Å². The molecule has 1 aliphatic heterocycles. The van der Waals surface area contributed by atoms with Crippen LogP contribution in [0.15, 0.2) is 42.7 Å². The molecule has 3 aromatic heterocycles. The summed E-state index contributed by atoms with van der Waals surface area (Å²) >= 11 is 0. The molecule has 0 bridgehead atoms. The third-order valence-electron chi connectivity index (χ3n) is 6.86. The number of hydrogen-bond donors (Lipinski definition) is 2. The highest BCUT2D eigenvalue weighted by molar-refractivity contribution is 5.86. The Morgan fingerprint density at radius 2 is 2.05 bits per heavy atom. The van der Waals surface area contributed by atoms with Crippen LogP contribution in [0, 0.1) is 36.6 Å². The zero-order valence-electron chi connectivity index (χ0n) is 21.8. The van der Waals surface area contributed by atoms with Gasteiger partial charge in [0, 0.05) is 59.9 Å². The molecule has 7 nitrogen and oxygen atoms in total. The van der Waals surface area contributed by atoms with Gasteiger partial charge in [-0.05, 0) is 31.0 Å². The van der Waals surface area contributed by atoms with Crippen LogP contribution in [-0.2, 0) is 13.0 Å². The topological polar surface area (TPSA) is 79.2 Å². The van der Waals surface area contributed by atoms with Crippen molar-refractivity contribution in [2.75, 3.05) is 18.1 Å². The van der Waals surface area contributed by atoms with E-state index >= 15 is 4.39 Å². The normalized spacial score (nSPS) is 13.1. The summed E-state index contributed by atoms with van der Waals surface area (Å²) in [6, 6.07) is 14.2. The maximum Gasteiger partial charge on any atom is 0.169 e. The van der Waals surface area contributed by atoms with Crippen molar-refractivity contribution in [1.82, 2.24) is 19.7 Å². The minimum Gasteiger partial charge on any atom is -0.506 e. The summed E-state index contributed by atoms with van der Waals surface area (Å²) in [6.45, 7) is 7.34. The molecule has 2 N–H and O–H groups in total. The monoisotopic (exact) mass is 527 g/mol. The Morgan fingerprint density at radius 1 is 1.21 bits per heavy atom. The van der Waals surface area contributed by atoms with Crippen LogP contribution in [0.3, 0.4) is 0 Å². The van der Waals surface area contributed by atoms with Gasteiger partial charge < -0.3 is 19.7 Å². The number of hydrogen-bond acceptors (Lipinski definition) is 5. The number of halogens is 2. The van der Waals surface area contributed by atoms with E-state index in [-0.39, 0.29) is 17.4 Å². The van der Waals surface area contributed by atoms with Crippen LogP contribution in [0.2, 0.25) is 0 Å². The fraction of sp³-hybridized carbons (Fsp3) is 0.267. The first kappa shape index (κ1) is 24.7. The van der Waals surface area contributed by atoms with Gasteiger partial charge in [-0.1, -0.05) is 26.0 Å². The van der Waals surface area contributed by atoms with Gasteiger partial charge in [-0.15, -0.1) is 0 Å². The van der Waals surface area contributed by atoms with Crippen LogP contribution in [0.5, 0.6) is 11.5 Å². The van der Waals surface area contributed by atoms with Crippen molar-refractivity contribution in [3.63, 3.8) is 0 Å². The van der Waals surface area contributed by atoms with Crippen molar-refractivity contribution in [2.24, 2.45) is 5.92 Å². The number of H-pyrrole nitrogens is 1.